The Morgan fingerprint density at radius 1 is 1.44 bits per heavy atom. The third kappa shape index (κ3) is 0.590. The highest BCUT2D eigenvalue weighted by Gasteiger charge is 2.52. The zero-order valence-electron chi connectivity index (χ0n) is 5.55. The van der Waals surface area contributed by atoms with Crippen LogP contribution in [-0.2, 0) is 4.79 Å². The van der Waals surface area contributed by atoms with Gasteiger partial charge in [0.15, 0.2) is 0 Å². The molecular weight excluding hydrogens is 114 g/mol. The minimum Gasteiger partial charge on any atom is -0.353 e. The Bertz CT molecular complexity index is 141. The minimum absolute atomic E-state index is 0.134. The molecule has 0 radical (unpaired) electrons. The van der Waals surface area contributed by atoms with Crippen molar-refractivity contribution < 1.29 is 4.79 Å². The lowest BCUT2D eigenvalue weighted by Gasteiger charge is -2.58. The first-order valence-electron chi connectivity index (χ1n) is 3.54. The summed E-state index contributed by atoms with van der Waals surface area (Å²) >= 11 is 0. The predicted molar refractivity (Wildman–Crippen MR) is 33.8 cm³/mol. The van der Waals surface area contributed by atoms with Gasteiger partial charge in [-0.05, 0) is 24.7 Å². The molecule has 0 heterocycles. The van der Waals surface area contributed by atoms with E-state index in [1.165, 1.54) is 12.8 Å². The molecule has 2 nitrogen and oxygen atoms in total. The zero-order chi connectivity index (χ0) is 6.43. The minimum atomic E-state index is 0.134. The van der Waals surface area contributed by atoms with E-state index >= 15 is 0 Å². The van der Waals surface area contributed by atoms with Gasteiger partial charge >= 0.3 is 0 Å². The van der Waals surface area contributed by atoms with Crippen molar-refractivity contribution in [2.45, 2.75) is 25.8 Å². The molecule has 3 rings (SSSR count). The molecule has 9 heavy (non-hydrogen) atoms. The van der Waals surface area contributed by atoms with Crippen LogP contribution in [0.15, 0.2) is 0 Å². The van der Waals surface area contributed by atoms with Gasteiger partial charge in [0, 0.05) is 13.0 Å². The van der Waals surface area contributed by atoms with E-state index in [0.29, 0.717) is 6.04 Å². The van der Waals surface area contributed by atoms with Crippen molar-refractivity contribution >= 4 is 5.91 Å². The molecule has 1 N–H and O–H groups in total. The highest BCUT2D eigenvalue weighted by molar-refractivity contribution is 5.73. The van der Waals surface area contributed by atoms with Crippen LogP contribution in [0.4, 0.5) is 0 Å². The lowest BCUT2D eigenvalue weighted by Crippen LogP contribution is -2.63. The lowest BCUT2D eigenvalue weighted by atomic mass is 9.52. The second kappa shape index (κ2) is 1.49. The van der Waals surface area contributed by atoms with E-state index in [1.807, 2.05) is 0 Å². The third-order valence-electron chi connectivity index (χ3n) is 2.60. The van der Waals surface area contributed by atoms with Gasteiger partial charge in [-0.2, -0.15) is 0 Å². The molecule has 0 spiro atoms. The van der Waals surface area contributed by atoms with Gasteiger partial charge in [-0.3, -0.25) is 4.79 Å². The molecule has 3 aliphatic rings. The van der Waals surface area contributed by atoms with Gasteiger partial charge in [0.25, 0.3) is 0 Å². The van der Waals surface area contributed by atoms with Crippen molar-refractivity contribution in [3.05, 3.63) is 0 Å². The number of carbonyl (C=O) groups is 1. The maximum Gasteiger partial charge on any atom is 0.217 e. The first-order chi connectivity index (χ1) is 4.27. The number of hydrogen-bond acceptors (Lipinski definition) is 1. The summed E-state index contributed by atoms with van der Waals surface area (Å²) < 4.78 is 0. The SMILES string of the molecule is CC(=O)NC1C2CC1C2. The Morgan fingerprint density at radius 2 is 2.00 bits per heavy atom. The van der Waals surface area contributed by atoms with Crippen molar-refractivity contribution in [3.8, 4) is 0 Å². The average Bonchev–Trinajstić information content (AvgIpc) is 1.54. The summed E-state index contributed by atoms with van der Waals surface area (Å²) in [6, 6.07) is 0.572. The van der Waals surface area contributed by atoms with Crippen LogP contribution in [0.5, 0.6) is 0 Å². The quantitative estimate of drug-likeness (QED) is 0.544. The number of amides is 1. The second-order valence-electron chi connectivity index (χ2n) is 3.22. The fourth-order valence-electron chi connectivity index (χ4n) is 1.76. The molecule has 3 fully saturated rings. The van der Waals surface area contributed by atoms with E-state index in [0.717, 1.165) is 11.8 Å². The van der Waals surface area contributed by atoms with Crippen molar-refractivity contribution in [1.29, 1.82) is 0 Å². The van der Waals surface area contributed by atoms with Gasteiger partial charge in [0.05, 0.1) is 0 Å². The lowest BCUT2D eigenvalue weighted by molar-refractivity contribution is -0.127. The molecule has 0 aromatic rings. The molecule has 0 aromatic carbocycles. The molecule has 0 atom stereocenters. The second-order valence-corrected chi connectivity index (χ2v) is 3.22. The van der Waals surface area contributed by atoms with E-state index in [4.69, 9.17) is 0 Å². The molecule has 0 aromatic heterocycles. The van der Waals surface area contributed by atoms with E-state index in [9.17, 15) is 4.79 Å². The van der Waals surface area contributed by atoms with Crippen LogP contribution in [0.2, 0.25) is 0 Å². The van der Waals surface area contributed by atoms with Crippen LogP contribution in [-0.4, -0.2) is 11.9 Å². The highest BCUT2D eigenvalue weighted by atomic mass is 16.1. The largest absolute Gasteiger partial charge is 0.353 e. The topological polar surface area (TPSA) is 29.1 Å². The number of rotatable bonds is 1. The van der Waals surface area contributed by atoms with Gasteiger partial charge in [0.1, 0.15) is 0 Å². The molecule has 1 amide bonds. The summed E-state index contributed by atoms with van der Waals surface area (Å²) in [6.07, 6.45) is 2.73. The smallest absolute Gasteiger partial charge is 0.217 e. The van der Waals surface area contributed by atoms with Crippen LogP contribution < -0.4 is 5.32 Å². The van der Waals surface area contributed by atoms with E-state index in [1.54, 1.807) is 6.92 Å². The summed E-state index contributed by atoms with van der Waals surface area (Å²) in [5.41, 5.74) is 0. The van der Waals surface area contributed by atoms with Crippen LogP contribution >= 0.6 is 0 Å². The molecule has 3 saturated carbocycles. The van der Waals surface area contributed by atoms with Crippen LogP contribution in [0.3, 0.4) is 0 Å². The summed E-state index contributed by atoms with van der Waals surface area (Å²) in [7, 11) is 0. The Balaban J connectivity index is 1.83. The van der Waals surface area contributed by atoms with Gasteiger partial charge < -0.3 is 5.32 Å². The van der Waals surface area contributed by atoms with Crippen LogP contribution in [0.25, 0.3) is 0 Å². The Labute approximate surface area is 54.6 Å². The number of carbonyl (C=O) groups excluding carboxylic acids is 1. The Kier molecular flexibility index (Phi) is 0.875. The molecule has 3 aliphatic carbocycles. The summed E-state index contributed by atoms with van der Waals surface area (Å²) in [6.45, 7) is 1.60. The van der Waals surface area contributed by atoms with Crippen molar-refractivity contribution in [2.24, 2.45) is 11.8 Å². The van der Waals surface area contributed by atoms with Crippen LogP contribution in [0.1, 0.15) is 19.8 Å². The van der Waals surface area contributed by atoms with E-state index in [2.05, 4.69) is 5.32 Å². The average molecular weight is 125 g/mol. The molecule has 2 bridgehead atoms. The van der Waals surface area contributed by atoms with Gasteiger partial charge in [-0.25, -0.2) is 0 Å². The summed E-state index contributed by atoms with van der Waals surface area (Å²) in [5.74, 6) is 1.83. The maximum absolute atomic E-state index is 10.5. The molecule has 0 unspecified atom stereocenters. The van der Waals surface area contributed by atoms with Gasteiger partial charge in [-0.1, -0.05) is 0 Å². The van der Waals surface area contributed by atoms with E-state index < -0.39 is 0 Å². The Hall–Kier alpha value is -0.530. The van der Waals surface area contributed by atoms with Gasteiger partial charge in [0.2, 0.25) is 5.91 Å². The van der Waals surface area contributed by atoms with Gasteiger partial charge in [-0.15, -0.1) is 0 Å². The standard InChI is InChI=1S/C7H11NO/c1-4(9)8-7-5-2-6(7)3-5/h5-7H,2-3H2,1H3,(H,8,9). The zero-order valence-corrected chi connectivity index (χ0v) is 5.55. The predicted octanol–water partition coefficient (Wildman–Crippen LogP) is 0.531. The highest BCUT2D eigenvalue weighted by Crippen LogP contribution is 2.53. The number of hydrogen-bond donors (Lipinski definition) is 1. The van der Waals surface area contributed by atoms with E-state index in [-0.39, 0.29) is 5.91 Å². The van der Waals surface area contributed by atoms with Crippen molar-refractivity contribution in [2.75, 3.05) is 0 Å². The molecular formula is C7H11NO. The third-order valence-corrected chi connectivity index (χ3v) is 2.60. The Morgan fingerprint density at radius 3 is 2.11 bits per heavy atom. The molecule has 0 saturated heterocycles. The normalized spacial score (nSPS) is 44.8. The fraction of sp³-hybridized carbons (Fsp3) is 0.857. The molecule has 0 aliphatic heterocycles. The summed E-state index contributed by atoms with van der Waals surface area (Å²) in [4.78, 5) is 10.5. The molecule has 2 heteroatoms. The van der Waals surface area contributed by atoms with Crippen molar-refractivity contribution in [1.82, 2.24) is 5.32 Å². The first-order valence-corrected chi connectivity index (χ1v) is 3.54. The maximum atomic E-state index is 10.5. The first kappa shape index (κ1) is 5.27. The molecule has 50 valence electrons. The fourth-order valence-corrected chi connectivity index (χ4v) is 1.76. The summed E-state index contributed by atoms with van der Waals surface area (Å²) in [5, 5.41) is 2.94. The van der Waals surface area contributed by atoms with Crippen LogP contribution in [0, 0.1) is 11.8 Å². The monoisotopic (exact) mass is 125 g/mol. The van der Waals surface area contributed by atoms with Crippen molar-refractivity contribution in [3.63, 3.8) is 0 Å². The number of nitrogens with one attached hydrogen (secondary N) is 1.